The molecule has 1 fully saturated rings. The summed E-state index contributed by atoms with van der Waals surface area (Å²) in [6, 6.07) is 14.9. The third-order valence-electron chi connectivity index (χ3n) is 4.61. The first-order valence-corrected chi connectivity index (χ1v) is 9.68. The predicted molar refractivity (Wildman–Crippen MR) is 106 cm³/mol. The van der Waals surface area contributed by atoms with E-state index in [0.29, 0.717) is 11.0 Å². The van der Waals surface area contributed by atoms with Gasteiger partial charge in [-0.15, -0.1) is 0 Å². The molecule has 0 radical (unpaired) electrons. The van der Waals surface area contributed by atoms with Gasteiger partial charge in [0.05, 0.1) is 5.56 Å². The molecule has 1 aliphatic rings. The van der Waals surface area contributed by atoms with Crippen LogP contribution in [0.3, 0.4) is 0 Å². The Morgan fingerprint density at radius 1 is 1.08 bits per heavy atom. The average molecular weight is 420 g/mol. The molecule has 1 aliphatic heterocycles. The topological polar surface area (TPSA) is 35.6 Å². The first-order valence-electron chi connectivity index (χ1n) is 8.89. The fourth-order valence-electron chi connectivity index (χ4n) is 3.14. The highest BCUT2D eigenvalue weighted by Crippen LogP contribution is 2.16. The van der Waals surface area contributed by atoms with Crippen molar-refractivity contribution in [1.82, 2.24) is 10.2 Å². The van der Waals surface area contributed by atoms with Crippen LogP contribution in [0.5, 0.6) is 0 Å². The lowest BCUT2D eigenvalue weighted by atomic mass is 10.2. The Morgan fingerprint density at radius 2 is 1.81 bits per heavy atom. The van der Waals surface area contributed by atoms with E-state index in [0.717, 1.165) is 39.1 Å². The standard InChI is InChI=1S/C20H23BrFN3O/c21-16-7-8-18(19(22)15-16)20(26)23-9-4-10-24-11-13-25(14-12-24)17-5-2-1-3-6-17/h1-3,5-8,15H,4,9-14H2,(H,23,26). The molecule has 1 amide bonds. The number of anilines is 1. The van der Waals surface area contributed by atoms with Gasteiger partial charge in [-0.3, -0.25) is 9.69 Å². The maximum atomic E-state index is 13.8. The van der Waals surface area contributed by atoms with E-state index in [-0.39, 0.29) is 11.5 Å². The normalized spacial score (nSPS) is 15.1. The lowest BCUT2D eigenvalue weighted by Gasteiger charge is -2.36. The van der Waals surface area contributed by atoms with Gasteiger partial charge in [-0.2, -0.15) is 0 Å². The summed E-state index contributed by atoms with van der Waals surface area (Å²) >= 11 is 3.19. The van der Waals surface area contributed by atoms with Crippen molar-refractivity contribution >= 4 is 27.5 Å². The first-order chi connectivity index (χ1) is 12.6. The van der Waals surface area contributed by atoms with Gasteiger partial charge in [0, 0.05) is 42.9 Å². The Balaban J connectivity index is 1.36. The van der Waals surface area contributed by atoms with Crippen molar-refractivity contribution in [3.05, 3.63) is 64.4 Å². The van der Waals surface area contributed by atoms with Crippen LogP contribution < -0.4 is 10.2 Å². The number of rotatable bonds is 6. The molecule has 1 N–H and O–H groups in total. The largest absolute Gasteiger partial charge is 0.369 e. The van der Waals surface area contributed by atoms with Crippen molar-refractivity contribution < 1.29 is 9.18 Å². The number of halogens is 2. The Hall–Kier alpha value is -1.92. The van der Waals surface area contributed by atoms with E-state index in [1.54, 1.807) is 6.07 Å². The van der Waals surface area contributed by atoms with Gasteiger partial charge in [-0.25, -0.2) is 4.39 Å². The van der Waals surface area contributed by atoms with E-state index < -0.39 is 5.82 Å². The lowest BCUT2D eigenvalue weighted by Crippen LogP contribution is -2.47. The van der Waals surface area contributed by atoms with Gasteiger partial charge in [-0.1, -0.05) is 34.1 Å². The molecular formula is C20H23BrFN3O. The maximum Gasteiger partial charge on any atom is 0.254 e. The fourth-order valence-corrected chi connectivity index (χ4v) is 3.48. The molecule has 1 saturated heterocycles. The second-order valence-electron chi connectivity index (χ2n) is 6.40. The summed E-state index contributed by atoms with van der Waals surface area (Å²) in [6.45, 7) is 5.55. The van der Waals surface area contributed by atoms with Crippen molar-refractivity contribution in [3.8, 4) is 0 Å². The van der Waals surface area contributed by atoms with Gasteiger partial charge < -0.3 is 10.2 Å². The molecule has 3 rings (SSSR count). The highest BCUT2D eigenvalue weighted by atomic mass is 79.9. The van der Waals surface area contributed by atoms with Crippen LogP contribution in [0, 0.1) is 5.82 Å². The highest BCUT2D eigenvalue weighted by Gasteiger charge is 2.17. The number of amides is 1. The van der Waals surface area contributed by atoms with Crippen LogP contribution in [-0.4, -0.2) is 50.1 Å². The lowest BCUT2D eigenvalue weighted by molar-refractivity contribution is 0.0947. The predicted octanol–water partition coefficient (Wildman–Crippen LogP) is 3.53. The number of carbonyl (C=O) groups excluding carboxylic acids is 1. The van der Waals surface area contributed by atoms with Crippen molar-refractivity contribution in [1.29, 1.82) is 0 Å². The monoisotopic (exact) mass is 419 g/mol. The molecule has 0 aliphatic carbocycles. The average Bonchev–Trinajstić information content (AvgIpc) is 2.66. The minimum absolute atomic E-state index is 0.0877. The smallest absolute Gasteiger partial charge is 0.254 e. The summed E-state index contributed by atoms with van der Waals surface area (Å²) in [5.74, 6) is -0.863. The SMILES string of the molecule is O=C(NCCCN1CCN(c2ccccc2)CC1)c1ccc(Br)cc1F. The minimum atomic E-state index is -0.506. The van der Waals surface area contributed by atoms with Crippen LogP contribution in [0.4, 0.5) is 10.1 Å². The van der Waals surface area contributed by atoms with Crippen LogP contribution in [0.15, 0.2) is 53.0 Å². The van der Waals surface area contributed by atoms with Crippen molar-refractivity contribution in [2.75, 3.05) is 44.2 Å². The van der Waals surface area contributed by atoms with Crippen LogP contribution in [0.25, 0.3) is 0 Å². The number of piperazine rings is 1. The number of nitrogens with zero attached hydrogens (tertiary/aromatic N) is 2. The number of carbonyl (C=O) groups is 1. The number of hydrogen-bond donors (Lipinski definition) is 1. The summed E-state index contributed by atoms with van der Waals surface area (Å²) in [5, 5.41) is 2.80. The van der Waals surface area contributed by atoms with E-state index in [2.05, 4.69) is 55.3 Å². The second kappa shape index (κ2) is 9.14. The van der Waals surface area contributed by atoms with Gasteiger partial charge in [0.1, 0.15) is 5.82 Å². The minimum Gasteiger partial charge on any atom is -0.369 e. The molecule has 0 aromatic heterocycles. The third kappa shape index (κ3) is 5.05. The Kier molecular flexibility index (Phi) is 6.63. The summed E-state index contributed by atoms with van der Waals surface area (Å²) in [5.41, 5.74) is 1.36. The van der Waals surface area contributed by atoms with Crippen molar-refractivity contribution in [2.45, 2.75) is 6.42 Å². The summed E-state index contributed by atoms with van der Waals surface area (Å²) < 4.78 is 14.4. The number of benzene rings is 2. The van der Waals surface area contributed by atoms with E-state index in [1.165, 1.54) is 17.8 Å². The number of para-hydroxylation sites is 1. The van der Waals surface area contributed by atoms with Gasteiger partial charge in [0.25, 0.3) is 5.91 Å². The Morgan fingerprint density at radius 3 is 2.50 bits per heavy atom. The molecule has 4 nitrogen and oxygen atoms in total. The molecule has 2 aromatic rings. The van der Waals surface area contributed by atoms with E-state index in [1.807, 2.05) is 6.07 Å². The number of nitrogens with one attached hydrogen (secondary N) is 1. The van der Waals surface area contributed by atoms with Gasteiger partial charge in [0.15, 0.2) is 0 Å². The van der Waals surface area contributed by atoms with E-state index in [4.69, 9.17) is 0 Å². The molecular weight excluding hydrogens is 397 g/mol. The van der Waals surface area contributed by atoms with E-state index >= 15 is 0 Å². The molecule has 138 valence electrons. The van der Waals surface area contributed by atoms with Crippen LogP contribution in [-0.2, 0) is 0 Å². The zero-order valence-electron chi connectivity index (χ0n) is 14.6. The van der Waals surface area contributed by atoms with Crippen LogP contribution in [0.1, 0.15) is 16.8 Å². The molecule has 6 heteroatoms. The van der Waals surface area contributed by atoms with Gasteiger partial charge in [-0.05, 0) is 43.3 Å². The zero-order chi connectivity index (χ0) is 18.4. The summed E-state index contributed by atoms with van der Waals surface area (Å²) in [6.07, 6.45) is 0.856. The maximum absolute atomic E-state index is 13.8. The van der Waals surface area contributed by atoms with Crippen molar-refractivity contribution in [3.63, 3.8) is 0 Å². The molecule has 0 spiro atoms. The highest BCUT2D eigenvalue weighted by molar-refractivity contribution is 9.10. The van der Waals surface area contributed by atoms with Gasteiger partial charge in [0.2, 0.25) is 0 Å². The summed E-state index contributed by atoms with van der Waals surface area (Å²) in [7, 11) is 0. The zero-order valence-corrected chi connectivity index (χ0v) is 16.2. The quantitative estimate of drug-likeness (QED) is 0.727. The third-order valence-corrected chi connectivity index (χ3v) is 5.10. The number of hydrogen-bond acceptors (Lipinski definition) is 3. The molecule has 0 saturated carbocycles. The van der Waals surface area contributed by atoms with Crippen LogP contribution >= 0.6 is 15.9 Å². The molecule has 1 heterocycles. The molecule has 26 heavy (non-hydrogen) atoms. The van der Waals surface area contributed by atoms with Crippen LogP contribution in [0.2, 0.25) is 0 Å². The molecule has 0 atom stereocenters. The summed E-state index contributed by atoms with van der Waals surface area (Å²) in [4.78, 5) is 16.8. The Bertz CT molecular complexity index is 733. The van der Waals surface area contributed by atoms with Gasteiger partial charge >= 0.3 is 0 Å². The van der Waals surface area contributed by atoms with E-state index in [9.17, 15) is 9.18 Å². The first kappa shape index (κ1) is 18.9. The fraction of sp³-hybridized carbons (Fsp3) is 0.350. The van der Waals surface area contributed by atoms with Crippen molar-refractivity contribution in [2.24, 2.45) is 0 Å². The molecule has 0 unspecified atom stereocenters. The second-order valence-corrected chi connectivity index (χ2v) is 7.31. The molecule has 2 aromatic carbocycles. The molecule has 0 bridgehead atoms. The Labute approximate surface area is 162 Å².